The fraction of sp³-hybridized carbons (Fsp3) is 0.318. The maximum absolute atomic E-state index is 13.0. The van der Waals surface area contributed by atoms with Crippen LogP contribution in [-0.2, 0) is 32.2 Å². The van der Waals surface area contributed by atoms with E-state index in [1.807, 2.05) is 41.8 Å². The van der Waals surface area contributed by atoms with Crippen LogP contribution in [0.15, 0.2) is 65.9 Å². The number of alkyl halides is 3. The molecule has 2 aromatic carbocycles. The molecule has 32 heavy (non-hydrogen) atoms. The van der Waals surface area contributed by atoms with Crippen molar-refractivity contribution < 1.29 is 13.2 Å². The molecule has 0 aliphatic carbocycles. The number of rotatable bonds is 8. The number of hydrogen-bond donors (Lipinski definition) is 2. The second-order valence-corrected chi connectivity index (χ2v) is 6.92. The third-order valence-electron chi connectivity index (χ3n) is 4.63. The van der Waals surface area contributed by atoms with Gasteiger partial charge in [-0.05, 0) is 23.3 Å². The standard InChI is InChI=1S/C22H25F3N6.HI/c1-2-20-30-29-16-31(20)12-11-26-21(27-14-17-7-4-3-5-8-17)28-15-18-9-6-10-19(13-18)22(23,24)25;/h3-10,13,16H,2,11-12,14-15H2,1H3,(H2,26,27,28);1H. The van der Waals surface area contributed by atoms with Gasteiger partial charge >= 0.3 is 6.18 Å². The van der Waals surface area contributed by atoms with E-state index in [0.717, 1.165) is 29.9 Å². The molecule has 0 aliphatic heterocycles. The fourth-order valence-corrected chi connectivity index (χ4v) is 3.01. The van der Waals surface area contributed by atoms with E-state index in [1.165, 1.54) is 6.07 Å². The zero-order valence-corrected chi connectivity index (χ0v) is 20.0. The van der Waals surface area contributed by atoms with Gasteiger partial charge in [0.05, 0.1) is 12.1 Å². The second-order valence-electron chi connectivity index (χ2n) is 6.92. The van der Waals surface area contributed by atoms with E-state index in [0.29, 0.717) is 31.2 Å². The van der Waals surface area contributed by atoms with Crippen molar-refractivity contribution in [3.63, 3.8) is 0 Å². The third-order valence-corrected chi connectivity index (χ3v) is 4.63. The Kier molecular flexibility index (Phi) is 9.95. The van der Waals surface area contributed by atoms with Gasteiger partial charge < -0.3 is 15.2 Å². The van der Waals surface area contributed by atoms with Crippen LogP contribution >= 0.6 is 24.0 Å². The highest BCUT2D eigenvalue weighted by Gasteiger charge is 2.30. The van der Waals surface area contributed by atoms with Crippen molar-refractivity contribution in [1.29, 1.82) is 0 Å². The van der Waals surface area contributed by atoms with Crippen molar-refractivity contribution in [3.05, 3.63) is 83.4 Å². The number of aliphatic imine (C=N–C) groups is 1. The van der Waals surface area contributed by atoms with Gasteiger partial charge in [0, 0.05) is 26.1 Å². The Hall–Kier alpha value is -2.63. The average Bonchev–Trinajstić information content (AvgIpc) is 3.23. The Balaban J connectivity index is 0.00000363. The van der Waals surface area contributed by atoms with Crippen LogP contribution in [0.2, 0.25) is 0 Å². The van der Waals surface area contributed by atoms with E-state index < -0.39 is 11.7 Å². The minimum absolute atomic E-state index is 0. The van der Waals surface area contributed by atoms with Crippen LogP contribution in [0.1, 0.15) is 29.4 Å². The number of benzene rings is 2. The predicted molar refractivity (Wildman–Crippen MR) is 129 cm³/mol. The van der Waals surface area contributed by atoms with Gasteiger partial charge in [0.2, 0.25) is 0 Å². The molecule has 0 aliphatic rings. The van der Waals surface area contributed by atoms with Gasteiger partial charge in [-0.25, -0.2) is 4.99 Å². The van der Waals surface area contributed by atoms with Crippen LogP contribution in [0.3, 0.4) is 0 Å². The van der Waals surface area contributed by atoms with Crippen LogP contribution < -0.4 is 10.6 Å². The summed E-state index contributed by atoms with van der Waals surface area (Å²) in [5, 5.41) is 14.4. The van der Waals surface area contributed by atoms with Crippen LogP contribution in [0.25, 0.3) is 0 Å². The number of nitrogens with zero attached hydrogens (tertiary/aromatic N) is 4. The smallest absolute Gasteiger partial charge is 0.355 e. The normalized spacial score (nSPS) is 11.7. The highest BCUT2D eigenvalue weighted by Crippen LogP contribution is 2.29. The van der Waals surface area contributed by atoms with Crippen molar-refractivity contribution in [2.45, 2.75) is 39.2 Å². The van der Waals surface area contributed by atoms with E-state index in [1.54, 1.807) is 12.4 Å². The molecule has 0 fully saturated rings. The number of halogens is 4. The minimum Gasteiger partial charge on any atom is -0.355 e. The van der Waals surface area contributed by atoms with Gasteiger partial charge in [0.1, 0.15) is 12.2 Å². The van der Waals surface area contributed by atoms with Crippen molar-refractivity contribution in [2.24, 2.45) is 4.99 Å². The molecule has 0 saturated heterocycles. The Morgan fingerprint density at radius 2 is 1.78 bits per heavy atom. The van der Waals surface area contributed by atoms with Crippen LogP contribution in [0.5, 0.6) is 0 Å². The van der Waals surface area contributed by atoms with Crippen molar-refractivity contribution >= 4 is 29.9 Å². The molecule has 172 valence electrons. The third kappa shape index (κ3) is 7.81. The molecule has 0 bridgehead atoms. The van der Waals surface area contributed by atoms with Gasteiger partial charge in [-0.15, -0.1) is 34.2 Å². The van der Waals surface area contributed by atoms with Gasteiger partial charge in [-0.3, -0.25) is 0 Å². The molecule has 0 atom stereocenters. The predicted octanol–water partition coefficient (Wildman–Crippen LogP) is 4.41. The molecule has 0 radical (unpaired) electrons. The summed E-state index contributed by atoms with van der Waals surface area (Å²) in [6.45, 7) is 3.89. The van der Waals surface area contributed by atoms with E-state index in [2.05, 4.69) is 25.8 Å². The first-order valence-corrected chi connectivity index (χ1v) is 10.0. The molecular weight excluding hydrogens is 532 g/mol. The second kappa shape index (κ2) is 12.4. The summed E-state index contributed by atoms with van der Waals surface area (Å²) in [4.78, 5) is 4.48. The number of aryl methyl sites for hydroxylation is 1. The maximum Gasteiger partial charge on any atom is 0.416 e. The van der Waals surface area contributed by atoms with E-state index in [4.69, 9.17) is 0 Å². The van der Waals surface area contributed by atoms with E-state index in [9.17, 15) is 13.2 Å². The minimum atomic E-state index is -4.37. The Labute approximate surface area is 202 Å². The van der Waals surface area contributed by atoms with Crippen LogP contribution in [0, 0.1) is 0 Å². The molecular formula is C22H26F3IN6. The van der Waals surface area contributed by atoms with E-state index in [-0.39, 0.29) is 30.5 Å². The lowest BCUT2D eigenvalue weighted by atomic mass is 10.1. The molecule has 3 aromatic rings. The first kappa shape index (κ1) is 25.6. The molecule has 0 saturated carbocycles. The Morgan fingerprint density at radius 1 is 1.03 bits per heavy atom. The lowest BCUT2D eigenvalue weighted by Gasteiger charge is -2.14. The molecule has 3 rings (SSSR count). The van der Waals surface area contributed by atoms with Gasteiger partial charge in [-0.2, -0.15) is 13.2 Å². The molecule has 1 aromatic heterocycles. The summed E-state index contributed by atoms with van der Waals surface area (Å²) < 4.78 is 40.8. The Bertz CT molecular complexity index is 989. The topological polar surface area (TPSA) is 67.1 Å². The quantitative estimate of drug-likeness (QED) is 0.244. The summed E-state index contributed by atoms with van der Waals surface area (Å²) in [5.41, 5.74) is 0.887. The van der Waals surface area contributed by atoms with Crippen molar-refractivity contribution in [3.8, 4) is 0 Å². The molecule has 0 spiro atoms. The zero-order valence-electron chi connectivity index (χ0n) is 17.6. The first-order chi connectivity index (χ1) is 15.0. The van der Waals surface area contributed by atoms with Crippen LogP contribution in [-0.4, -0.2) is 27.3 Å². The summed E-state index contributed by atoms with van der Waals surface area (Å²) in [6.07, 6.45) is -1.91. The SMILES string of the molecule is CCc1nncn1CCNC(=NCc1cccc(C(F)(F)F)c1)NCc1ccccc1.I. The molecule has 2 N–H and O–H groups in total. The van der Waals surface area contributed by atoms with Crippen LogP contribution in [0.4, 0.5) is 13.2 Å². The van der Waals surface area contributed by atoms with Crippen molar-refractivity contribution in [2.75, 3.05) is 6.54 Å². The number of guanidine groups is 1. The molecule has 0 unspecified atom stereocenters. The largest absolute Gasteiger partial charge is 0.416 e. The first-order valence-electron chi connectivity index (χ1n) is 10.0. The monoisotopic (exact) mass is 558 g/mol. The summed E-state index contributed by atoms with van der Waals surface area (Å²) in [7, 11) is 0. The van der Waals surface area contributed by atoms with Gasteiger partial charge in [0.15, 0.2) is 5.96 Å². The maximum atomic E-state index is 13.0. The van der Waals surface area contributed by atoms with E-state index >= 15 is 0 Å². The molecule has 1 heterocycles. The fourth-order valence-electron chi connectivity index (χ4n) is 3.01. The Morgan fingerprint density at radius 3 is 2.50 bits per heavy atom. The lowest BCUT2D eigenvalue weighted by molar-refractivity contribution is -0.137. The number of nitrogens with one attached hydrogen (secondary N) is 2. The summed E-state index contributed by atoms with van der Waals surface area (Å²) in [5.74, 6) is 1.41. The molecule has 10 heteroatoms. The summed E-state index contributed by atoms with van der Waals surface area (Å²) >= 11 is 0. The number of hydrogen-bond acceptors (Lipinski definition) is 3. The highest BCUT2D eigenvalue weighted by atomic mass is 127. The molecule has 6 nitrogen and oxygen atoms in total. The highest BCUT2D eigenvalue weighted by molar-refractivity contribution is 14.0. The average molecular weight is 558 g/mol. The summed E-state index contributed by atoms with van der Waals surface area (Å²) in [6, 6.07) is 15.0. The lowest BCUT2D eigenvalue weighted by Crippen LogP contribution is -2.38. The number of aromatic nitrogens is 3. The van der Waals surface area contributed by atoms with Gasteiger partial charge in [0.25, 0.3) is 0 Å². The molecule has 0 amide bonds. The van der Waals surface area contributed by atoms with Gasteiger partial charge in [-0.1, -0.05) is 49.4 Å². The zero-order chi connectivity index (χ0) is 22.1. The van der Waals surface area contributed by atoms with Crippen molar-refractivity contribution in [1.82, 2.24) is 25.4 Å².